The second kappa shape index (κ2) is 14.3. The van der Waals surface area contributed by atoms with Crippen molar-refractivity contribution in [2.45, 2.75) is 57.8 Å². The molecule has 0 saturated carbocycles. The Morgan fingerprint density at radius 3 is 1.42 bits per heavy atom. The van der Waals surface area contributed by atoms with E-state index < -0.39 is 0 Å². The molecule has 6 aliphatic carbocycles. The Hall–Kier alpha value is -7.71. The molecule has 0 unspecified atom stereocenters. The fourth-order valence-corrected chi connectivity index (χ4v) is 17.0. The quantitative estimate of drug-likeness (QED) is 0.162. The van der Waals surface area contributed by atoms with Gasteiger partial charge in [-0.25, -0.2) is 0 Å². The van der Waals surface area contributed by atoms with Crippen molar-refractivity contribution >= 4 is 67.1 Å². The maximum absolute atomic E-state index is 7.47. The van der Waals surface area contributed by atoms with E-state index in [2.05, 4.69) is 211 Å². The molecule has 0 aliphatic heterocycles. The first-order valence-electron chi connectivity index (χ1n) is 27.4. The van der Waals surface area contributed by atoms with E-state index in [4.69, 9.17) is 34.8 Å². The zero-order valence-corrected chi connectivity index (χ0v) is 46.1. The molecule has 6 aliphatic rings. The molecular weight excluding hydrogens is 1010 g/mol. The second-order valence-corrected chi connectivity index (χ2v) is 25.9. The fourth-order valence-electron chi connectivity index (χ4n) is 16.4. The number of hydrogen-bond acceptors (Lipinski definition) is 0. The summed E-state index contributed by atoms with van der Waals surface area (Å²) in [5.74, 6) is 0. The third kappa shape index (κ3) is 5.14. The van der Waals surface area contributed by atoms with Gasteiger partial charge in [-0.2, -0.15) is 0 Å². The molecule has 0 atom stereocenters. The van der Waals surface area contributed by atoms with Crippen molar-refractivity contribution in [2.75, 3.05) is 0 Å². The normalized spacial score (nSPS) is 15.6. The van der Waals surface area contributed by atoms with Crippen LogP contribution in [-0.2, 0) is 16.2 Å². The summed E-state index contributed by atoms with van der Waals surface area (Å²) in [6.07, 6.45) is 0. The van der Waals surface area contributed by atoms with Crippen LogP contribution >= 0.6 is 34.8 Å². The number of halogens is 3. The molecule has 0 amide bonds. The van der Waals surface area contributed by atoms with Gasteiger partial charge in [0.15, 0.2) is 0 Å². The lowest BCUT2D eigenvalue weighted by atomic mass is 9.76. The Labute approximate surface area is 468 Å². The van der Waals surface area contributed by atoms with Gasteiger partial charge in [0.25, 0.3) is 0 Å². The molecule has 12 aromatic rings. The molecule has 368 valence electrons. The van der Waals surface area contributed by atoms with Gasteiger partial charge in [0, 0.05) is 36.7 Å². The Morgan fingerprint density at radius 2 is 0.756 bits per heavy atom. The molecule has 0 fully saturated rings. The van der Waals surface area contributed by atoms with Gasteiger partial charge in [-0.3, -0.25) is 0 Å². The summed E-state index contributed by atoms with van der Waals surface area (Å²) in [7, 11) is 0. The average molecular weight is 1050 g/mol. The lowest BCUT2D eigenvalue weighted by Gasteiger charge is -2.27. The van der Waals surface area contributed by atoms with Crippen molar-refractivity contribution in [3.63, 3.8) is 0 Å². The first kappa shape index (κ1) is 44.3. The minimum atomic E-state index is -0.382. The van der Waals surface area contributed by atoms with Gasteiger partial charge in [0.1, 0.15) is 0 Å². The van der Waals surface area contributed by atoms with E-state index in [1.54, 1.807) is 0 Å². The summed E-state index contributed by atoms with van der Waals surface area (Å²) in [6.45, 7) is 14.4. The van der Waals surface area contributed by atoms with Gasteiger partial charge in [-0.1, -0.05) is 198 Å². The van der Waals surface area contributed by atoms with Gasteiger partial charge >= 0.3 is 0 Å². The van der Waals surface area contributed by atoms with Crippen LogP contribution in [0.15, 0.2) is 176 Å². The molecule has 0 heterocycles. The van der Waals surface area contributed by atoms with E-state index in [9.17, 15) is 0 Å². The maximum atomic E-state index is 7.47. The summed E-state index contributed by atoms with van der Waals surface area (Å²) in [5.41, 5.74) is 34.9. The van der Waals surface area contributed by atoms with E-state index in [0.29, 0.717) is 0 Å². The van der Waals surface area contributed by atoms with Gasteiger partial charge in [0.05, 0.1) is 0 Å². The molecule has 12 aromatic carbocycles. The summed E-state index contributed by atoms with van der Waals surface area (Å²) in [6, 6.07) is 67.1. The number of rotatable bonds is 2. The minimum absolute atomic E-state index is 0.196. The molecule has 0 N–H and O–H groups in total. The van der Waals surface area contributed by atoms with E-state index in [0.717, 1.165) is 20.5 Å². The highest BCUT2D eigenvalue weighted by atomic mass is 35.5. The highest BCUT2D eigenvalue weighted by Gasteiger charge is 2.45. The Morgan fingerprint density at radius 1 is 0.269 bits per heavy atom. The van der Waals surface area contributed by atoms with Crippen molar-refractivity contribution in [3.05, 3.63) is 224 Å². The monoisotopic (exact) mass is 1050 g/mol. The highest BCUT2D eigenvalue weighted by Crippen LogP contribution is 2.65. The van der Waals surface area contributed by atoms with Crippen molar-refractivity contribution in [1.29, 1.82) is 0 Å². The largest absolute Gasteiger partial charge is 0.0843 e. The van der Waals surface area contributed by atoms with Crippen LogP contribution in [0.1, 0.15) is 74.9 Å². The summed E-state index contributed by atoms with van der Waals surface area (Å²) < 4.78 is 0. The van der Waals surface area contributed by atoms with Crippen LogP contribution in [0.2, 0.25) is 15.1 Å². The smallest absolute Gasteiger partial charge is 0.0488 e. The SMILES string of the molecule is CC1(C)c2cccc3c2-c2c1cc(Cl)c1cccc(c21)-c1ccc(-c2cc4cccc5c4c4c2C(C)(C)c2cc(Cl)cc(c2-4)-c2cc(-c4cc6c7c8c(cccc48)-c4ccc(Cl)cc4-c4cccc(c4-7)C6(C)C)ccc2-5)cc1-3. The molecule has 0 aromatic heterocycles. The van der Waals surface area contributed by atoms with Crippen molar-refractivity contribution in [3.8, 4) is 122 Å². The summed E-state index contributed by atoms with van der Waals surface area (Å²) in [4.78, 5) is 0. The lowest BCUT2D eigenvalue weighted by Crippen LogP contribution is -2.16. The van der Waals surface area contributed by atoms with E-state index in [1.165, 1.54) is 183 Å². The summed E-state index contributed by atoms with van der Waals surface area (Å²) >= 11 is 21.5. The van der Waals surface area contributed by atoms with Gasteiger partial charge in [-0.05, 0) is 237 Å². The molecule has 0 bridgehead atoms. The molecule has 0 radical (unpaired) electrons. The molecular formula is C75H47Cl3. The second-order valence-electron chi connectivity index (χ2n) is 24.6. The van der Waals surface area contributed by atoms with Gasteiger partial charge in [-0.15, -0.1) is 0 Å². The predicted octanol–water partition coefficient (Wildman–Crippen LogP) is 22.3. The van der Waals surface area contributed by atoms with Crippen LogP contribution in [0, 0.1) is 0 Å². The zero-order chi connectivity index (χ0) is 52.4. The van der Waals surface area contributed by atoms with Crippen LogP contribution in [0.3, 0.4) is 0 Å². The third-order valence-electron chi connectivity index (χ3n) is 19.8. The first-order chi connectivity index (χ1) is 37.7. The molecule has 18 rings (SSSR count). The van der Waals surface area contributed by atoms with Crippen LogP contribution in [0.5, 0.6) is 0 Å². The Bertz CT molecular complexity index is 4960. The standard InChI is InChI=1S/C75H47Cl3/c1-73(2)57-20-11-18-49-55-31-39(76)24-27-43(55)45-14-8-16-47-51(34-60(73)69(64(45)47)67(49)57)36-22-25-41-44-13-7-12-38-30-52(72-71(63(38)44)68-56(54(41)28-36)32-40(77)33-59(68)75(72,5)6)37-23-26-42-46-15-9-19-50-62(78)35-61-70(65(46)50)66-48(53(42)29-37)17-10-21-58(66)74(61,3)4/h7-35H,1-6H3. The van der Waals surface area contributed by atoms with E-state index in [1.807, 2.05) is 6.07 Å². The molecule has 0 saturated heterocycles. The fraction of sp³-hybridized carbons (Fsp3) is 0.120. The molecule has 78 heavy (non-hydrogen) atoms. The highest BCUT2D eigenvalue weighted by molar-refractivity contribution is 6.38. The van der Waals surface area contributed by atoms with Crippen LogP contribution in [0.25, 0.3) is 155 Å². The number of fused-ring (bicyclic) bond motifs is 9. The van der Waals surface area contributed by atoms with E-state index >= 15 is 0 Å². The van der Waals surface area contributed by atoms with Gasteiger partial charge in [0.2, 0.25) is 0 Å². The minimum Gasteiger partial charge on any atom is -0.0843 e. The van der Waals surface area contributed by atoms with Crippen molar-refractivity contribution in [1.82, 2.24) is 0 Å². The van der Waals surface area contributed by atoms with Crippen LogP contribution in [-0.4, -0.2) is 0 Å². The molecule has 3 heteroatoms. The molecule has 0 spiro atoms. The topological polar surface area (TPSA) is 0 Å². The Kier molecular flexibility index (Phi) is 8.12. The maximum Gasteiger partial charge on any atom is 0.0488 e. The van der Waals surface area contributed by atoms with Crippen LogP contribution < -0.4 is 0 Å². The summed E-state index contributed by atoms with van der Waals surface area (Å²) in [5, 5.41) is 9.80. The first-order valence-corrected chi connectivity index (χ1v) is 28.5. The zero-order valence-electron chi connectivity index (χ0n) is 43.9. The third-order valence-corrected chi connectivity index (χ3v) is 20.6. The van der Waals surface area contributed by atoms with Gasteiger partial charge < -0.3 is 0 Å². The van der Waals surface area contributed by atoms with Crippen molar-refractivity contribution in [2.24, 2.45) is 0 Å². The predicted molar refractivity (Wildman–Crippen MR) is 331 cm³/mol. The van der Waals surface area contributed by atoms with Crippen LogP contribution in [0.4, 0.5) is 0 Å². The average Bonchev–Trinajstić information content (AvgIpc) is 4.04. The Balaban J connectivity index is 0.882. The number of hydrogen-bond donors (Lipinski definition) is 0. The van der Waals surface area contributed by atoms with E-state index in [-0.39, 0.29) is 16.2 Å². The number of benzene rings is 12. The van der Waals surface area contributed by atoms with Crippen molar-refractivity contribution < 1.29 is 0 Å². The lowest BCUT2D eigenvalue weighted by molar-refractivity contribution is 0.661. The molecule has 0 nitrogen and oxygen atoms in total.